The molecule has 0 aromatic rings. The van der Waals surface area contributed by atoms with Crippen LogP contribution in [0.4, 0.5) is 0 Å². The lowest BCUT2D eigenvalue weighted by atomic mass is 10.5. The maximum Gasteiger partial charge on any atom is 0.0558 e. The van der Waals surface area contributed by atoms with Gasteiger partial charge in [-0.15, -0.1) is 0 Å². The van der Waals surface area contributed by atoms with E-state index in [1.165, 1.54) is 0 Å². The van der Waals surface area contributed by atoms with Gasteiger partial charge in [-0.2, -0.15) is 0 Å². The van der Waals surface area contributed by atoms with Crippen LogP contribution in [0.25, 0.3) is 0 Å². The van der Waals surface area contributed by atoms with Crippen LogP contribution >= 0.6 is 0 Å². The SMILES string of the molecule is [CH]=CCN(C)CCO. The Kier molecular flexibility index (Phi) is 4.61. The van der Waals surface area contributed by atoms with Crippen molar-refractivity contribution in [3.05, 3.63) is 12.7 Å². The number of rotatable bonds is 4. The van der Waals surface area contributed by atoms with Crippen LogP contribution in [-0.2, 0) is 0 Å². The molecule has 2 nitrogen and oxygen atoms in total. The first-order chi connectivity index (χ1) is 3.81. The minimum atomic E-state index is 0.199. The van der Waals surface area contributed by atoms with Crippen molar-refractivity contribution >= 4 is 0 Å². The van der Waals surface area contributed by atoms with Gasteiger partial charge in [0.2, 0.25) is 0 Å². The summed E-state index contributed by atoms with van der Waals surface area (Å²) in [6.45, 7) is 6.74. The number of nitrogens with zero attached hydrogens (tertiary/aromatic N) is 1. The maximum atomic E-state index is 8.37. The Morgan fingerprint density at radius 2 is 2.38 bits per heavy atom. The molecule has 0 fully saturated rings. The first-order valence-electron chi connectivity index (χ1n) is 2.64. The Morgan fingerprint density at radius 3 is 2.75 bits per heavy atom. The molecule has 8 heavy (non-hydrogen) atoms. The topological polar surface area (TPSA) is 23.5 Å². The van der Waals surface area contributed by atoms with Crippen LogP contribution in [0.5, 0.6) is 0 Å². The van der Waals surface area contributed by atoms with Gasteiger partial charge in [-0.05, 0) is 7.05 Å². The third-order valence-electron chi connectivity index (χ3n) is 0.899. The van der Waals surface area contributed by atoms with Gasteiger partial charge < -0.3 is 10.0 Å². The molecule has 0 atom stereocenters. The molecule has 0 aliphatic heterocycles. The van der Waals surface area contributed by atoms with Gasteiger partial charge in [0.15, 0.2) is 0 Å². The minimum absolute atomic E-state index is 0.199. The highest BCUT2D eigenvalue weighted by Crippen LogP contribution is 1.78. The lowest BCUT2D eigenvalue weighted by Crippen LogP contribution is -2.21. The molecule has 1 radical (unpaired) electrons. The summed E-state index contributed by atoms with van der Waals surface area (Å²) < 4.78 is 0. The van der Waals surface area contributed by atoms with Crippen LogP contribution in [0.3, 0.4) is 0 Å². The van der Waals surface area contributed by atoms with Gasteiger partial charge in [-0.3, -0.25) is 0 Å². The Balaban J connectivity index is 3.03. The summed E-state index contributed by atoms with van der Waals surface area (Å²) in [5, 5.41) is 8.37. The lowest BCUT2D eigenvalue weighted by molar-refractivity contribution is 0.232. The van der Waals surface area contributed by atoms with Crippen molar-refractivity contribution in [3.8, 4) is 0 Å². The molecule has 0 aliphatic rings. The smallest absolute Gasteiger partial charge is 0.0558 e. The van der Waals surface area contributed by atoms with E-state index in [4.69, 9.17) is 11.7 Å². The number of hydrogen-bond donors (Lipinski definition) is 1. The monoisotopic (exact) mass is 114 g/mol. The van der Waals surface area contributed by atoms with Gasteiger partial charge in [0.05, 0.1) is 6.61 Å². The van der Waals surface area contributed by atoms with Gasteiger partial charge in [0.1, 0.15) is 0 Å². The average Bonchev–Trinajstić information content (AvgIpc) is 1.68. The quantitative estimate of drug-likeness (QED) is 0.551. The zero-order valence-electron chi connectivity index (χ0n) is 5.17. The highest BCUT2D eigenvalue weighted by Gasteiger charge is 1.89. The normalized spacial score (nSPS) is 9.88. The van der Waals surface area contributed by atoms with Crippen LogP contribution in [0, 0.1) is 6.58 Å². The van der Waals surface area contributed by atoms with Crippen LogP contribution in [0.15, 0.2) is 6.08 Å². The maximum absolute atomic E-state index is 8.37. The van der Waals surface area contributed by atoms with Crippen LogP contribution in [0.2, 0.25) is 0 Å². The highest BCUT2D eigenvalue weighted by atomic mass is 16.3. The number of aliphatic hydroxyl groups is 1. The Morgan fingerprint density at radius 1 is 1.75 bits per heavy atom. The molecule has 0 amide bonds. The first kappa shape index (κ1) is 7.66. The Bertz CT molecular complexity index is 63.5. The van der Waals surface area contributed by atoms with E-state index in [0.29, 0.717) is 6.54 Å². The van der Waals surface area contributed by atoms with E-state index >= 15 is 0 Å². The molecule has 0 bridgehead atoms. The first-order valence-corrected chi connectivity index (χ1v) is 2.64. The predicted molar refractivity (Wildman–Crippen MR) is 33.5 cm³/mol. The van der Waals surface area contributed by atoms with Crippen molar-refractivity contribution < 1.29 is 5.11 Å². The van der Waals surface area contributed by atoms with E-state index in [1.54, 1.807) is 6.08 Å². The van der Waals surface area contributed by atoms with E-state index in [2.05, 4.69) is 0 Å². The Labute approximate surface area is 50.4 Å². The summed E-state index contributed by atoms with van der Waals surface area (Å²) in [6.07, 6.45) is 1.57. The molecule has 0 heterocycles. The molecule has 0 rings (SSSR count). The minimum Gasteiger partial charge on any atom is -0.395 e. The summed E-state index contributed by atoms with van der Waals surface area (Å²) in [7, 11) is 1.90. The predicted octanol–water partition coefficient (Wildman–Crippen LogP) is -0.100. The van der Waals surface area contributed by atoms with Crippen molar-refractivity contribution in [1.29, 1.82) is 0 Å². The van der Waals surface area contributed by atoms with Gasteiger partial charge in [-0.1, -0.05) is 12.7 Å². The summed E-state index contributed by atoms with van der Waals surface area (Å²) in [4.78, 5) is 1.93. The number of hydrogen-bond acceptors (Lipinski definition) is 2. The van der Waals surface area contributed by atoms with Crippen molar-refractivity contribution in [3.63, 3.8) is 0 Å². The van der Waals surface area contributed by atoms with Crippen molar-refractivity contribution in [2.45, 2.75) is 0 Å². The molecule has 0 aliphatic carbocycles. The second kappa shape index (κ2) is 4.81. The van der Waals surface area contributed by atoms with E-state index in [1.807, 2.05) is 11.9 Å². The fourth-order valence-corrected chi connectivity index (χ4v) is 0.442. The third-order valence-corrected chi connectivity index (χ3v) is 0.899. The van der Waals surface area contributed by atoms with Crippen LogP contribution in [0.1, 0.15) is 0 Å². The van der Waals surface area contributed by atoms with Crippen molar-refractivity contribution in [2.75, 3.05) is 26.7 Å². The molecular formula is C6H12NO. The van der Waals surface area contributed by atoms with Crippen LogP contribution in [-0.4, -0.2) is 36.8 Å². The molecule has 0 spiro atoms. The fourth-order valence-electron chi connectivity index (χ4n) is 0.442. The number of aliphatic hydroxyl groups excluding tert-OH is 1. The summed E-state index contributed by atoms with van der Waals surface area (Å²) in [6, 6.07) is 0. The van der Waals surface area contributed by atoms with Gasteiger partial charge in [0, 0.05) is 13.1 Å². The van der Waals surface area contributed by atoms with Crippen molar-refractivity contribution in [1.82, 2.24) is 4.90 Å². The zero-order chi connectivity index (χ0) is 6.41. The summed E-state index contributed by atoms with van der Waals surface area (Å²) >= 11 is 0. The molecule has 2 heteroatoms. The van der Waals surface area contributed by atoms with Crippen molar-refractivity contribution in [2.24, 2.45) is 0 Å². The zero-order valence-corrected chi connectivity index (χ0v) is 5.17. The Hall–Kier alpha value is -0.340. The lowest BCUT2D eigenvalue weighted by Gasteiger charge is -2.10. The summed E-state index contributed by atoms with van der Waals surface area (Å²) in [5.41, 5.74) is 0. The standard InChI is InChI=1S/C6H12NO/c1-3-4-7(2)5-6-8/h1,3,8H,4-6H2,2H3. The fraction of sp³-hybridized carbons (Fsp3) is 0.667. The molecule has 0 aromatic heterocycles. The molecule has 0 saturated carbocycles. The van der Waals surface area contributed by atoms with E-state index < -0.39 is 0 Å². The highest BCUT2D eigenvalue weighted by molar-refractivity contribution is 4.66. The van der Waals surface area contributed by atoms with Gasteiger partial charge in [0.25, 0.3) is 0 Å². The molecule has 47 valence electrons. The largest absolute Gasteiger partial charge is 0.395 e. The second-order valence-electron chi connectivity index (χ2n) is 1.72. The van der Waals surface area contributed by atoms with E-state index in [0.717, 1.165) is 6.54 Å². The number of likely N-dealkylation sites (N-methyl/N-ethyl adjacent to an activating group) is 1. The molecule has 0 unspecified atom stereocenters. The van der Waals surface area contributed by atoms with Crippen LogP contribution < -0.4 is 0 Å². The van der Waals surface area contributed by atoms with E-state index in [-0.39, 0.29) is 6.61 Å². The second-order valence-corrected chi connectivity index (χ2v) is 1.72. The molecule has 1 N–H and O–H groups in total. The van der Waals surface area contributed by atoms with Gasteiger partial charge >= 0.3 is 0 Å². The molecule has 0 aromatic carbocycles. The average molecular weight is 114 g/mol. The molecule has 0 saturated heterocycles. The van der Waals surface area contributed by atoms with Gasteiger partial charge in [-0.25, -0.2) is 0 Å². The third kappa shape index (κ3) is 3.84. The molecular weight excluding hydrogens is 102 g/mol. The van der Waals surface area contributed by atoms with E-state index in [9.17, 15) is 0 Å². The summed E-state index contributed by atoms with van der Waals surface area (Å²) in [5.74, 6) is 0.